The van der Waals surface area contributed by atoms with Crippen molar-refractivity contribution in [2.75, 3.05) is 37.4 Å². The summed E-state index contributed by atoms with van der Waals surface area (Å²) in [6.07, 6.45) is 2.07. The minimum atomic E-state index is -0.244. The summed E-state index contributed by atoms with van der Waals surface area (Å²) in [5.41, 5.74) is 3.58. The maximum Gasteiger partial charge on any atom is 0.256 e. The Balaban J connectivity index is 1.72. The molecule has 0 unspecified atom stereocenters. The maximum absolute atomic E-state index is 12.9. The van der Waals surface area contributed by atoms with E-state index in [2.05, 4.69) is 10.6 Å². The topological polar surface area (TPSA) is 70.7 Å². The first-order valence-electron chi connectivity index (χ1n) is 9.67. The minimum absolute atomic E-state index is 0.0125. The molecule has 1 saturated heterocycles. The molecule has 0 aromatic heterocycles. The molecule has 154 valence electrons. The number of hydrogen-bond donors (Lipinski definition) is 2. The fraction of sp³-hybridized carbons (Fsp3) is 0.364. The summed E-state index contributed by atoms with van der Waals surface area (Å²) in [5, 5.41) is 6.53. The van der Waals surface area contributed by atoms with E-state index in [0.29, 0.717) is 27.7 Å². The zero-order chi connectivity index (χ0) is 21.0. The first kappa shape index (κ1) is 21.0. The molecule has 3 rings (SSSR count). The van der Waals surface area contributed by atoms with Crippen molar-refractivity contribution in [3.8, 4) is 5.75 Å². The lowest BCUT2D eigenvalue weighted by Crippen LogP contribution is -2.30. The highest BCUT2D eigenvalue weighted by atomic mass is 35.5. The Hall–Kier alpha value is -2.73. The standard InChI is InChI=1S/C22H26ClN3O3/c1-14-7-6-8-17(21(14)22(28)26-9-4-5-10-26)24-13-20(27)25-18-11-15(2)16(23)12-19(18)29-3/h6-8,11-12,24H,4-5,9-10,13H2,1-3H3,(H,25,27). The number of carbonyl (C=O) groups is 2. The minimum Gasteiger partial charge on any atom is -0.495 e. The van der Waals surface area contributed by atoms with Crippen LogP contribution in [0.4, 0.5) is 11.4 Å². The van der Waals surface area contributed by atoms with E-state index < -0.39 is 0 Å². The van der Waals surface area contributed by atoms with E-state index in [9.17, 15) is 9.59 Å². The second kappa shape index (κ2) is 9.18. The van der Waals surface area contributed by atoms with E-state index in [1.54, 1.807) is 12.1 Å². The van der Waals surface area contributed by atoms with Gasteiger partial charge >= 0.3 is 0 Å². The van der Waals surface area contributed by atoms with E-state index in [4.69, 9.17) is 16.3 Å². The summed E-state index contributed by atoms with van der Waals surface area (Å²) in [7, 11) is 1.53. The lowest BCUT2D eigenvalue weighted by molar-refractivity contribution is -0.114. The normalized spacial score (nSPS) is 13.3. The zero-order valence-electron chi connectivity index (χ0n) is 17.0. The number of methoxy groups -OCH3 is 1. The number of ether oxygens (including phenoxy) is 1. The summed E-state index contributed by atoms with van der Waals surface area (Å²) in [6, 6.07) is 9.07. The monoisotopic (exact) mass is 415 g/mol. The Morgan fingerprint density at radius 2 is 1.83 bits per heavy atom. The van der Waals surface area contributed by atoms with Crippen LogP contribution in [0.5, 0.6) is 5.75 Å². The van der Waals surface area contributed by atoms with E-state index in [1.165, 1.54) is 7.11 Å². The van der Waals surface area contributed by atoms with Crippen molar-refractivity contribution in [1.29, 1.82) is 0 Å². The van der Waals surface area contributed by atoms with Crippen LogP contribution < -0.4 is 15.4 Å². The fourth-order valence-electron chi connectivity index (χ4n) is 3.48. The van der Waals surface area contributed by atoms with Gasteiger partial charge in [-0.3, -0.25) is 9.59 Å². The number of nitrogens with zero attached hydrogens (tertiary/aromatic N) is 1. The van der Waals surface area contributed by atoms with Crippen LogP contribution in [0.1, 0.15) is 34.3 Å². The Kier molecular flexibility index (Phi) is 6.64. The van der Waals surface area contributed by atoms with Gasteiger partial charge < -0.3 is 20.3 Å². The third-order valence-corrected chi connectivity index (χ3v) is 5.48. The number of halogens is 1. The predicted octanol–water partition coefficient (Wildman–Crippen LogP) is 4.25. The molecule has 0 bridgehead atoms. The summed E-state index contributed by atoms with van der Waals surface area (Å²) >= 11 is 6.12. The zero-order valence-corrected chi connectivity index (χ0v) is 17.7. The van der Waals surface area contributed by atoms with Crippen LogP contribution in [0.15, 0.2) is 30.3 Å². The van der Waals surface area contributed by atoms with Gasteiger partial charge in [-0.1, -0.05) is 23.7 Å². The van der Waals surface area contributed by atoms with Gasteiger partial charge in [-0.25, -0.2) is 0 Å². The molecule has 0 spiro atoms. The van der Waals surface area contributed by atoms with Gasteiger partial charge in [0.25, 0.3) is 5.91 Å². The lowest BCUT2D eigenvalue weighted by atomic mass is 10.0. The molecule has 29 heavy (non-hydrogen) atoms. The van der Waals surface area contributed by atoms with E-state index in [0.717, 1.165) is 37.1 Å². The van der Waals surface area contributed by atoms with Gasteiger partial charge in [-0.2, -0.15) is 0 Å². The molecule has 2 aromatic rings. The Morgan fingerprint density at radius 3 is 2.52 bits per heavy atom. The van der Waals surface area contributed by atoms with Crippen molar-refractivity contribution in [2.45, 2.75) is 26.7 Å². The Bertz CT molecular complexity index is 924. The Labute approximate surface area is 176 Å². The van der Waals surface area contributed by atoms with Crippen molar-refractivity contribution in [1.82, 2.24) is 4.90 Å². The molecule has 7 heteroatoms. The molecule has 1 aliphatic heterocycles. The van der Waals surface area contributed by atoms with Gasteiger partial charge in [0.1, 0.15) is 5.75 Å². The predicted molar refractivity (Wildman–Crippen MR) is 116 cm³/mol. The number of nitrogens with one attached hydrogen (secondary N) is 2. The summed E-state index contributed by atoms with van der Waals surface area (Å²) in [5.74, 6) is 0.263. The number of aryl methyl sites for hydroxylation is 2. The molecule has 0 atom stereocenters. The van der Waals surface area contributed by atoms with Gasteiger partial charge in [0.05, 0.1) is 24.9 Å². The van der Waals surface area contributed by atoms with E-state index >= 15 is 0 Å². The molecule has 0 saturated carbocycles. The summed E-state index contributed by atoms with van der Waals surface area (Å²) < 4.78 is 5.30. The average Bonchev–Trinajstić information content (AvgIpc) is 3.23. The van der Waals surface area contributed by atoms with E-state index in [1.807, 2.05) is 36.9 Å². The second-order valence-corrected chi connectivity index (χ2v) is 7.61. The van der Waals surface area contributed by atoms with Gasteiger partial charge in [-0.05, 0) is 49.9 Å². The highest BCUT2D eigenvalue weighted by Gasteiger charge is 2.23. The second-order valence-electron chi connectivity index (χ2n) is 7.20. The van der Waals surface area contributed by atoms with Crippen LogP contribution in [-0.2, 0) is 4.79 Å². The summed E-state index contributed by atoms with van der Waals surface area (Å²) in [4.78, 5) is 27.3. The number of anilines is 2. The number of rotatable bonds is 6. The molecule has 2 amide bonds. The maximum atomic E-state index is 12.9. The average molecular weight is 416 g/mol. The third-order valence-electron chi connectivity index (χ3n) is 5.07. The van der Waals surface area contributed by atoms with Crippen LogP contribution in [-0.4, -0.2) is 43.5 Å². The van der Waals surface area contributed by atoms with Crippen molar-refractivity contribution < 1.29 is 14.3 Å². The van der Waals surface area contributed by atoms with Crippen LogP contribution >= 0.6 is 11.6 Å². The molecule has 1 fully saturated rings. The smallest absolute Gasteiger partial charge is 0.256 e. The molecule has 0 aliphatic carbocycles. The van der Waals surface area contributed by atoms with Crippen molar-refractivity contribution in [3.63, 3.8) is 0 Å². The number of hydrogen-bond acceptors (Lipinski definition) is 4. The van der Waals surface area contributed by atoms with E-state index in [-0.39, 0.29) is 18.4 Å². The fourth-order valence-corrected chi connectivity index (χ4v) is 3.63. The molecular weight excluding hydrogens is 390 g/mol. The van der Waals surface area contributed by atoms with Gasteiger partial charge in [-0.15, -0.1) is 0 Å². The number of carbonyl (C=O) groups excluding carboxylic acids is 2. The largest absolute Gasteiger partial charge is 0.495 e. The van der Waals surface area contributed by atoms with Gasteiger partial charge in [0.15, 0.2) is 0 Å². The number of amides is 2. The lowest BCUT2D eigenvalue weighted by Gasteiger charge is -2.20. The van der Waals surface area contributed by atoms with Crippen molar-refractivity contribution >= 4 is 34.8 Å². The van der Waals surface area contributed by atoms with Crippen molar-refractivity contribution in [2.24, 2.45) is 0 Å². The van der Waals surface area contributed by atoms with Crippen LogP contribution in [0.25, 0.3) is 0 Å². The molecule has 0 radical (unpaired) electrons. The van der Waals surface area contributed by atoms with Crippen LogP contribution in [0.2, 0.25) is 5.02 Å². The van der Waals surface area contributed by atoms with Gasteiger partial charge in [0.2, 0.25) is 5.91 Å². The molecule has 1 aliphatic rings. The SMILES string of the molecule is COc1cc(Cl)c(C)cc1NC(=O)CNc1cccc(C)c1C(=O)N1CCCC1. The Morgan fingerprint density at radius 1 is 1.10 bits per heavy atom. The van der Waals surface area contributed by atoms with Crippen LogP contribution in [0, 0.1) is 13.8 Å². The molecule has 2 aromatic carbocycles. The molecule has 6 nitrogen and oxygen atoms in total. The van der Waals surface area contributed by atoms with Crippen LogP contribution in [0.3, 0.4) is 0 Å². The summed E-state index contributed by atoms with van der Waals surface area (Å²) in [6.45, 7) is 5.36. The third kappa shape index (κ3) is 4.82. The first-order valence-corrected chi connectivity index (χ1v) is 10.0. The van der Waals surface area contributed by atoms with Gasteiger partial charge in [0, 0.05) is 29.9 Å². The quantitative estimate of drug-likeness (QED) is 0.739. The van der Waals surface area contributed by atoms with Crippen molar-refractivity contribution in [3.05, 3.63) is 52.0 Å². The molecular formula is C22H26ClN3O3. The first-order chi connectivity index (χ1) is 13.9. The molecule has 1 heterocycles. The highest BCUT2D eigenvalue weighted by Crippen LogP contribution is 2.31. The number of benzene rings is 2. The number of likely N-dealkylation sites (tertiary alicyclic amines) is 1. The highest BCUT2D eigenvalue weighted by molar-refractivity contribution is 6.31. The molecule has 2 N–H and O–H groups in total.